The fourth-order valence-corrected chi connectivity index (χ4v) is 26.8. The summed E-state index contributed by atoms with van der Waals surface area (Å²) in [7, 11) is 142. The van der Waals surface area contributed by atoms with Crippen LogP contribution >= 0.6 is 0 Å². The van der Waals surface area contributed by atoms with Crippen LogP contribution in [0.5, 0.6) is 0 Å². The van der Waals surface area contributed by atoms with Gasteiger partial charge in [0.2, 0.25) is 11.0 Å². The molecule has 670 valence electrons. The first-order valence-electron chi connectivity index (χ1n) is 53.3. The number of anilines is 2. The first-order chi connectivity index (χ1) is 68.9. The summed E-state index contributed by atoms with van der Waals surface area (Å²) in [5.41, 5.74) is 19.7. The van der Waals surface area contributed by atoms with Crippen LogP contribution in [0.1, 0.15) is 181 Å². The molecule has 6 fully saturated rings. The zero-order valence-corrected chi connectivity index (χ0v) is 91.7. The summed E-state index contributed by atoms with van der Waals surface area (Å²) in [5.74, 6) is 6.43. The predicted octanol–water partition coefficient (Wildman–Crippen LogP) is 5.07. The van der Waals surface area contributed by atoms with E-state index in [1.54, 1.807) is 28.2 Å². The summed E-state index contributed by atoms with van der Waals surface area (Å²) in [5, 5.41) is 0.857. The van der Waals surface area contributed by atoms with Crippen molar-refractivity contribution in [3.8, 4) is 22.5 Å². The van der Waals surface area contributed by atoms with Crippen LogP contribution in [-0.2, 0) is 34.6 Å². The summed E-state index contributed by atoms with van der Waals surface area (Å²) in [6.07, 6.45) is 14.5. The largest absolute Gasteiger partial charge is 0.362 e. The van der Waals surface area contributed by atoms with Crippen LogP contribution in [0.4, 0.5) is 11.4 Å². The molecule has 0 spiro atoms. The van der Waals surface area contributed by atoms with Gasteiger partial charge in [0.1, 0.15) is 63.7 Å². The van der Waals surface area contributed by atoms with Crippen LogP contribution in [0.25, 0.3) is 44.3 Å². The first-order valence-corrected chi connectivity index (χ1v) is 53.3. The lowest BCUT2D eigenvalue weighted by atomic mass is 8.73. The summed E-state index contributed by atoms with van der Waals surface area (Å²) < 4.78 is 13.8. The summed E-state index contributed by atoms with van der Waals surface area (Å²) in [4.78, 5) is 9.07. The Hall–Kier alpha value is -5.77. The smallest absolute Gasteiger partial charge is 0.255 e. The molecule has 10 nitrogen and oxygen atoms in total. The minimum Gasteiger partial charge on any atom is -0.362 e. The Labute approximate surface area is 918 Å². The lowest BCUT2D eigenvalue weighted by molar-refractivity contribution is -0.678. The van der Waals surface area contributed by atoms with Gasteiger partial charge >= 0.3 is 0 Å². The number of rotatable bonds is 31. The number of hydrogen-bond donors (Lipinski definition) is 0. The molecule has 0 aliphatic carbocycles. The van der Waals surface area contributed by atoms with Gasteiger partial charge in [-0.15, -0.1) is 20.5 Å². The summed E-state index contributed by atoms with van der Waals surface area (Å²) in [6.45, 7) is 39.4. The van der Waals surface area contributed by atoms with Crippen molar-refractivity contribution >= 4 is 334 Å². The van der Waals surface area contributed by atoms with Gasteiger partial charge < -0.3 is 19.6 Å². The minimum atomic E-state index is -0.650. The third kappa shape index (κ3) is 22.0. The number of aryl methyl sites for hydroxylation is 4. The molecule has 12 heterocycles. The van der Waals surface area contributed by atoms with Crippen LogP contribution in [0.2, 0.25) is 74.0 Å². The van der Waals surface area contributed by atoms with Crippen molar-refractivity contribution in [2.75, 3.05) is 23.9 Å². The van der Waals surface area contributed by atoms with Crippen LogP contribution in [-0.4, -0.2) is 358 Å². The molecule has 12 atom stereocenters. The van der Waals surface area contributed by atoms with Crippen molar-refractivity contribution in [2.45, 2.75) is 235 Å². The van der Waals surface area contributed by atoms with E-state index in [0.717, 1.165) is 42.6 Å². The van der Waals surface area contributed by atoms with E-state index in [0.29, 0.717) is 23.7 Å². The Morgan fingerprint density at radius 3 is 1.18 bits per heavy atom. The molecule has 6 saturated heterocycles. The maximum absolute atomic E-state index is 6.49. The normalized spacial score (nSPS) is 22.3. The lowest BCUT2D eigenvalue weighted by Crippen LogP contribution is -2.57. The maximum atomic E-state index is 6.49. The first kappa shape index (κ1) is 117. The molecule has 4 aromatic heterocycles. The molecule has 44 radical (unpaired) electrons. The highest BCUT2D eigenvalue weighted by Gasteiger charge is 2.75. The molecule has 8 aliphatic rings. The Morgan fingerprint density at radius 1 is 0.397 bits per heavy atom. The van der Waals surface area contributed by atoms with E-state index in [9.17, 15) is 0 Å². The average Bonchev–Trinajstić information content (AvgIpc) is 1.52. The number of pyridine rings is 2. The number of hydrogen-bond acceptors (Lipinski definition) is 4. The number of benzene rings is 6. The highest BCUT2D eigenvalue weighted by molar-refractivity contribution is 7.79. The second kappa shape index (κ2) is 47.7. The van der Waals surface area contributed by atoms with Gasteiger partial charge in [0, 0.05) is 368 Å². The zero-order chi connectivity index (χ0) is 108. The highest BCUT2D eigenvalue weighted by Crippen LogP contribution is 2.68. The van der Waals surface area contributed by atoms with Gasteiger partial charge in [0.25, 0.3) is 11.6 Å². The molecular weight excluding hydrogens is 1720 g/mol. The summed E-state index contributed by atoms with van der Waals surface area (Å²) >= 11 is 0. The van der Waals surface area contributed by atoms with Gasteiger partial charge in [-0.1, -0.05) is 202 Å². The van der Waals surface area contributed by atoms with Crippen LogP contribution in [0, 0.1) is 5.92 Å². The monoisotopic (exact) mass is 1850 g/mol. The molecule has 0 amide bonds. The molecule has 10 unspecified atom stereocenters. The van der Waals surface area contributed by atoms with Crippen LogP contribution < -0.4 is 28.1 Å². The van der Waals surface area contributed by atoms with Crippen molar-refractivity contribution in [2.24, 2.45) is 34.1 Å². The molecule has 0 bridgehead atoms. The van der Waals surface area contributed by atoms with Crippen molar-refractivity contribution in [3.05, 3.63) is 240 Å². The minimum absolute atomic E-state index is 0.0423. The third-order valence-electron chi connectivity index (χ3n) is 35.5. The van der Waals surface area contributed by atoms with Gasteiger partial charge in [-0.25, -0.2) is 9.13 Å². The fraction of sp³-hybridized carbons (Fsp3) is 0.468. The van der Waals surface area contributed by atoms with Gasteiger partial charge in [0.05, 0.1) is 37.8 Å². The van der Waals surface area contributed by atoms with Crippen molar-refractivity contribution < 1.29 is 18.3 Å². The van der Waals surface area contributed by atoms with Gasteiger partial charge in [-0.3, -0.25) is 0 Å². The van der Waals surface area contributed by atoms with Gasteiger partial charge in [-0.2, -0.15) is 18.3 Å². The van der Waals surface area contributed by atoms with Crippen LogP contribution in [0.15, 0.2) is 189 Å². The SMILES string of the molecule is CB1CC1c1ccc2cc(CC(C)C)ccc2[n+]1C.CB1CC1c1ccc2ccccc2[n+]1C.[B][B]B(B([B])[B])C1(B([B])[B])B(C)C1N1C=CN(C)[C@@H]1C.[B][B]B(B([B])[B])C1(B([B])[B])B(C)C1N1c2ccccc2N(C)[C@@H]1C.[B][B]B(B([B])[B])C1(B([B])[B])B(C)C1c1n(-c2c(C(C)C)cc(-c3ccccc3)cc2C(C)C)cc[n+]1C.[B][B]B(B([B])[B])C1(B([B])[B])B(C)C1c1n(-c2c(C(C)C)cccc2C(C)C)cc[n+]1C. The standard InChI is InChI=1S/C25H30B10N2.C19H26B10N2.C17H23BN.C13H15BN.C12H15B10N2.C8H13B10N2/c1-16(2)20-14-19(18-10-8-7-9-11-18)15-21(17(3)4)22(20)37-13-12-36(6)24(37)23-25(32(23)5,33(27)28)34(31-26)35(29)30;1-12(2)14-8-7-9-15(13(3)4)16(14)31-11-10-30(6)18(31)17-19(26(17)5,27(21)22)28(25-20)29(23)24;1-12(2)9-13-5-7-16-14(10-13)6-8-17(19(16)4)15-11-18(15)3;1-14-9-11(14)13-8-7-10-5-3-4-6-12(10)15(13)2;1-8-23(3)9-6-4-5-7-10(9)24(8)11-12(19(11)2,20(14)15)21(18-13)22(16)17;1-6-19(3)4-5-20(6)7-8(15(7)2,16(10)11)17(14-9)18(12)13/h7-17,23H,1-6H3;7-13,17H,1-6H3;5-8,10,12,15H,9,11H2,1-4H3;3-8,11H,9H2,1-2H3;4-8,11H,1-3H3;4-7H,1-3H3/q4*+1;;/t;;;;8-,11?,12?;6-,7?,8?/m....00/s1. The quantitative estimate of drug-likeness (QED) is 0.0450. The average molecular weight is 1850 g/mol. The molecule has 0 N–H and O–H groups in total. The molecule has 18 rings (SSSR count). The Balaban J connectivity index is 0.000000150. The third-order valence-corrected chi connectivity index (χ3v) is 35.5. The number of fused-ring (bicyclic) bond motifs is 3. The number of nitrogens with zero attached hydrogens (tertiary/aromatic N) is 10. The summed E-state index contributed by atoms with van der Waals surface area (Å²) in [6, 6.07) is 54.9. The van der Waals surface area contributed by atoms with Crippen molar-refractivity contribution in [1.82, 2.24) is 18.9 Å². The Morgan fingerprint density at radius 2 is 0.781 bits per heavy atom. The van der Waals surface area contributed by atoms with E-state index in [2.05, 4.69) is 389 Å². The van der Waals surface area contributed by atoms with E-state index in [1.165, 1.54) is 114 Å². The Kier molecular flexibility index (Phi) is 38.3. The number of aromatic nitrogens is 6. The molecular formula is C94H122B42N10+4. The molecule has 52 heteroatoms. The molecule has 6 aromatic carbocycles. The van der Waals surface area contributed by atoms with E-state index >= 15 is 0 Å². The predicted molar refractivity (Wildman–Crippen MR) is 675 cm³/mol. The van der Waals surface area contributed by atoms with E-state index in [1.807, 2.05) is 13.2 Å². The Bertz CT molecular complexity index is 6110. The van der Waals surface area contributed by atoms with E-state index < -0.39 is 66.9 Å². The van der Waals surface area contributed by atoms with E-state index in [-0.39, 0.29) is 93.8 Å². The molecule has 0 saturated carbocycles. The highest BCUT2D eigenvalue weighted by atomic mass is 15.4. The number of para-hydroxylation sites is 4. The second-order valence-corrected chi connectivity index (χ2v) is 45.8. The van der Waals surface area contributed by atoms with Gasteiger partial charge in [-0.05, 0) is 127 Å². The fourth-order valence-electron chi connectivity index (χ4n) is 26.8. The zero-order valence-electron chi connectivity index (χ0n) is 91.7. The lowest BCUT2D eigenvalue weighted by Gasteiger charge is -2.38. The second-order valence-electron chi connectivity index (χ2n) is 45.8. The molecule has 10 aromatic rings. The van der Waals surface area contributed by atoms with Crippen molar-refractivity contribution in [3.63, 3.8) is 0 Å². The van der Waals surface area contributed by atoms with E-state index in [4.69, 9.17) is 155 Å². The topological polar surface area (TPSA) is 38.3 Å². The van der Waals surface area contributed by atoms with Crippen molar-refractivity contribution in [1.29, 1.82) is 0 Å². The molecule has 146 heavy (non-hydrogen) atoms. The van der Waals surface area contributed by atoms with Gasteiger partial charge in [0.15, 0.2) is 38.2 Å². The maximum Gasteiger partial charge on any atom is 0.255 e. The van der Waals surface area contributed by atoms with Crippen LogP contribution in [0.3, 0.4) is 0 Å². The number of imidazole rings is 2. The molecule has 8 aliphatic heterocycles.